The zero-order valence-electron chi connectivity index (χ0n) is 16.4. The molecular weight excluding hydrogens is 328 g/mol. The van der Waals surface area contributed by atoms with Crippen LogP contribution in [0.2, 0.25) is 38.3 Å². The molecule has 0 heterocycles. The van der Waals surface area contributed by atoms with Crippen molar-refractivity contribution in [3.8, 4) is 5.75 Å². The van der Waals surface area contributed by atoms with Gasteiger partial charge in [0.25, 0.3) is 0 Å². The molecule has 0 aromatic heterocycles. The zero-order valence-corrected chi connectivity index (χ0v) is 18.4. The van der Waals surface area contributed by atoms with Crippen LogP contribution < -0.4 is 4.74 Å². The van der Waals surface area contributed by atoms with Gasteiger partial charge in [0.15, 0.2) is 8.32 Å². The summed E-state index contributed by atoms with van der Waals surface area (Å²) in [4.78, 5) is 0. The standard InChI is InChI=1S/C20H36O2Si2/c1-7-9-16-24(5,6)22-18-23(3,4)15-11-14-21-20-13-10-12-19(8-2)17-20/h8,10,12-13,17H,2,7,9,11,14-16,18H2,1,3-6H3. The van der Waals surface area contributed by atoms with E-state index in [1.54, 1.807) is 0 Å². The van der Waals surface area contributed by atoms with E-state index in [1.807, 2.05) is 30.3 Å². The van der Waals surface area contributed by atoms with E-state index in [9.17, 15) is 0 Å². The molecule has 1 rings (SSSR count). The van der Waals surface area contributed by atoms with Gasteiger partial charge in [0.05, 0.1) is 14.7 Å². The fourth-order valence-corrected chi connectivity index (χ4v) is 8.33. The molecule has 0 aliphatic carbocycles. The van der Waals surface area contributed by atoms with E-state index in [1.165, 1.54) is 24.9 Å². The smallest absolute Gasteiger partial charge is 0.186 e. The maximum atomic E-state index is 6.39. The Morgan fingerprint density at radius 2 is 1.83 bits per heavy atom. The Morgan fingerprint density at radius 1 is 1.08 bits per heavy atom. The molecule has 0 aliphatic rings. The molecule has 0 amide bonds. The van der Waals surface area contributed by atoms with Gasteiger partial charge < -0.3 is 9.16 Å². The summed E-state index contributed by atoms with van der Waals surface area (Å²) in [5, 5.41) is 0. The molecule has 2 nitrogen and oxygen atoms in total. The van der Waals surface area contributed by atoms with Gasteiger partial charge in [-0.25, -0.2) is 0 Å². The molecule has 24 heavy (non-hydrogen) atoms. The van der Waals surface area contributed by atoms with Crippen molar-refractivity contribution in [3.05, 3.63) is 36.4 Å². The Hall–Kier alpha value is -0.846. The highest BCUT2D eigenvalue weighted by molar-refractivity contribution is 6.79. The average molecular weight is 365 g/mol. The molecule has 0 unspecified atom stereocenters. The molecule has 0 N–H and O–H groups in total. The SMILES string of the molecule is C=Cc1cccc(OCCC[Si](C)(C)CO[Si](C)(C)CCCC)c1. The summed E-state index contributed by atoms with van der Waals surface area (Å²) in [6, 6.07) is 10.7. The Morgan fingerprint density at radius 3 is 2.50 bits per heavy atom. The highest BCUT2D eigenvalue weighted by atomic mass is 28.4. The minimum absolute atomic E-state index is 0.785. The third-order valence-corrected chi connectivity index (χ3v) is 9.75. The van der Waals surface area contributed by atoms with Crippen LogP contribution in [0.15, 0.2) is 30.8 Å². The normalized spacial score (nSPS) is 12.2. The Kier molecular flexibility index (Phi) is 9.02. The van der Waals surface area contributed by atoms with Crippen LogP contribution in [-0.4, -0.2) is 29.2 Å². The molecule has 0 fully saturated rings. The van der Waals surface area contributed by atoms with Crippen LogP contribution in [0.3, 0.4) is 0 Å². The first-order valence-corrected chi connectivity index (χ1v) is 15.8. The predicted octanol–water partition coefficient (Wildman–Crippen LogP) is 6.37. The van der Waals surface area contributed by atoms with Gasteiger partial charge >= 0.3 is 0 Å². The van der Waals surface area contributed by atoms with E-state index in [0.29, 0.717) is 0 Å². The second-order valence-electron chi connectivity index (χ2n) is 8.04. The van der Waals surface area contributed by atoms with Gasteiger partial charge in [0, 0.05) is 6.23 Å². The van der Waals surface area contributed by atoms with Crippen molar-refractivity contribution in [1.29, 1.82) is 0 Å². The van der Waals surface area contributed by atoms with Gasteiger partial charge in [-0.15, -0.1) is 0 Å². The molecule has 0 spiro atoms. The van der Waals surface area contributed by atoms with Crippen molar-refractivity contribution in [1.82, 2.24) is 0 Å². The maximum Gasteiger partial charge on any atom is 0.186 e. The molecule has 0 saturated heterocycles. The molecule has 0 atom stereocenters. The summed E-state index contributed by atoms with van der Waals surface area (Å²) in [6.07, 6.45) is 6.54. The quantitative estimate of drug-likeness (QED) is 0.317. The lowest BCUT2D eigenvalue weighted by Crippen LogP contribution is -2.40. The summed E-state index contributed by atoms with van der Waals surface area (Å²) >= 11 is 0. The van der Waals surface area contributed by atoms with Crippen LogP contribution in [0.1, 0.15) is 31.7 Å². The first-order valence-electron chi connectivity index (χ1n) is 9.27. The van der Waals surface area contributed by atoms with Crippen molar-refractivity contribution in [2.45, 2.75) is 64.5 Å². The van der Waals surface area contributed by atoms with Crippen LogP contribution in [0.5, 0.6) is 5.75 Å². The Bertz CT molecular complexity index is 498. The number of hydrogen-bond acceptors (Lipinski definition) is 2. The average Bonchev–Trinajstić information content (AvgIpc) is 2.56. The van der Waals surface area contributed by atoms with Gasteiger partial charge in [0.2, 0.25) is 0 Å². The topological polar surface area (TPSA) is 18.5 Å². The van der Waals surface area contributed by atoms with Crippen LogP contribution in [0.4, 0.5) is 0 Å². The Labute approximate surface area is 151 Å². The van der Waals surface area contributed by atoms with Crippen LogP contribution in [0.25, 0.3) is 6.08 Å². The van der Waals surface area contributed by atoms with E-state index in [0.717, 1.165) is 30.6 Å². The van der Waals surface area contributed by atoms with Crippen LogP contribution in [0, 0.1) is 0 Å². The lowest BCUT2D eigenvalue weighted by Gasteiger charge is -2.29. The van der Waals surface area contributed by atoms with Crippen LogP contribution >= 0.6 is 0 Å². The lowest BCUT2D eigenvalue weighted by atomic mass is 10.2. The fourth-order valence-electron chi connectivity index (χ4n) is 2.61. The largest absolute Gasteiger partial charge is 0.494 e. The monoisotopic (exact) mass is 364 g/mol. The molecule has 0 saturated carbocycles. The summed E-state index contributed by atoms with van der Waals surface area (Å²) < 4.78 is 12.3. The zero-order chi connectivity index (χ0) is 18.1. The number of benzene rings is 1. The third kappa shape index (κ3) is 8.85. The van der Waals surface area contributed by atoms with Crippen LogP contribution in [-0.2, 0) is 4.43 Å². The maximum absolute atomic E-state index is 6.39. The van der Waals surface area contributed by atoms with Gasteiger partial charge in [0.1, 0.15) is 5.75 Å². The highest BCUT2D eigenvalue weighted by Crippen LogP contribution is 2.20. The molecule has 136 valence electrons. The van der Waals surface area contributed by atoms with E-state index < -0.39 is 16.4 Å². The fraction of sp³-hybridized carbons (Fsp3) is 0.600. The number of unbranched alkanes of at least 4 members (excludes halogenated alkanes) is 1. The summed E-state index contributed by atoms with van der Waals surface area (Å²) in [6.45, 7) is 16.5. The second-order valence-corrected chi connectivity index (χ2v) is 17.5. The van der Waals surface area contributed by atoms with Crippen molar-refractivity contribution in [2.24, 2.45) is 0 Å². The Balaban J connectivity index is 2.30. The summed E-state index contributed by atoms with van der Waals surface area (Å²) in [5.74, 6) is 0.941. The number of ether oxygens (including phenoxy) is 1. The van der Waals surface area contributed by atoms with E-state index in [2.05, 4.69) is 39.7 Å². The van der Waals surface area contributed by atoms with Crippen molar-refractivity contribution in [3.63, 3.8) is 0 Å². The minimum atomic E-state index is -1.45. The highest BCUT2D eigenvalue weighted by Gasteiger charge is 2.27. The molecule has 0 bridgehead atoms. The first kappa shape index (κ1) is 21.2. The minimum Gasteiger partial charge on any atom is -0.494 e. The van der Waals surface area contributed by atoms with Gasteiger partial charge in [-0.2, -0.15) is 0 Å². The molecule has 0 aliphatic heterocycles. The van der Waals surface area contributed by atoms with Gasteiger partial charge in [-0.1, -0.05) is 63.7 Å². The van der Waals surface area contributed by atoms with E-state index >= 15 is 0 Å². The summed E-state index contributed by atoms with van der Waals surface area (Å²) in [5.41, 5.74) is 1.11. The third-order valence-electron chi connectivity index (χ3n) is 4.35. The van der Waals surface area contributed by atoms with Crippen molar-refractivity contribution < 1.29 is 9.16 Å². The van der Waals surface area contributed by atoms with Crippen molar-refractivity contribution >= 4 is 22.5 Å². The number of rotatable bonds is 12. The summed E-state index contributed by atoms with van der Waals surface area (Å²) in [7, 11) is -2.74. The molecular formula is C20H36O2Si2. The van der Waals surface area contributed by atoms with E-state index in [4.69, 9.17) is 9.16 Å². The molecule has 0 radical (unpaired) electrons. The van der Waals surface area contributed by atoms with Gasteiger partial charge in [-0.3, -0.25) is 0 Å². The molecule has 1 aromatic rings. The predicted molar refractivity (Wildman–Crippen MR) is 112 cm³/mol. The molecule has 4 heteroatoms. The second kappa shape index (κ2) is 10.2. The molecule has 1 aromatic carbocycles. The lowest BCUT2D eigenvalue weighted by molar-refractivity contribution is 0.315. The van der Waals surface area contributed by atoms with E-state index in [-0.39, 0.29) is 0 Å². The number of hydrogen-bond donors (Lipinski definition) is 0. The van der Waals surface area contributed by atoms with Crippen molar-refractivity contribution in [2.75, 3.05) is 12.8 Å². The first-order chi connectivity index (χ1) is 11.3. The van der Waals surface area contributed by atoms with Gasteiger partial charge in [-0.05, 0) is 43.3 Å².